The fourth-order valence-electron chi connectivity index (χ4n) is 1.68. The van der Waals surface area contributed by atoms with Crippen molar-refractivity contribution < 1.29 is 0 Å². The van der Waals surface area contributed by atoms with Gasteiger partial charge in [-0.25, -0.2) is 0 Å². The number of nitrogens with zero attached hydrogens (tertiary/aromatic N) is 1. The molecule has 2 nitrogen and oxygen atoms in total. The molecule has 0 saturated carbocycles. The van der Waals surface area contributed by atoms with E-state index in [1.165, 1.54) is 10.6 Å². The predicted octanol–water partition coefficient (Wildman–Crippen LogP) is 3.51. The molecule has 1 N–H and O–H groups in total. The van der Waals surface area contributed by atoms with Gasteiger partial charge < -0.3 is 9.88 Å². The van der Waals surface area contributed by atoms with Crippen LogP contribution in [0, 0.1) is 0 Å². The second kappa shape index (κ2) is 5.53. The molecule has 2 aromatic rings. The number of thiophene rings is 1. The number of rotatable bonds is 5. The van der Waals surface area contributed by atoms with Crippen LogP contribution in [0.15, 0.2) is 30.5 Å². The number of hydrogen-bond donors (Lipinski definition) is 1. The van der Waals surface area contributed by atoms with Crippen molar-refractivity contribution in [1.82, 2.24) is 9.88 Å². The van der Waals surface area contributed by atoms with Gasteiger partial charge in [-0.3, -0.25) is 0 Å². The Morgan fingerprint density at radius 1 is 1.31 bits per heavy atom. The van der Waals surface area contributed by atoms with Crippen LogP contribution in [0.1, 0.15) is 17.5 Å². The third-order valence-electron chi connectivity index (χ3n) is 2.50. The van der Waals surface area contributed by atoms with Crippen molar-refractivity contribution in [2.45, 2.75) is 26.6 Å². The third kappa shape index (κ3) is 2.88. The predicted molar refractivity (Wildman–Crippen MR) is 70.0 cm³/mol. The Morgan fingerprint density at radius 2 is 2.19 bits per heavy atom. The van der Waals surface area contributed by atoms with Gasteiger partial charge in [-0.1, -0.05) is 11.6 Å². The Balaban J connectivity index is 1.84. The summed E-state index contributed by atoms with van der Waals surface area (Å²) in [5, 5.41) is 3.42. The summed E-state index contributed by atoms with van der Waals surface area (Å²) in [5.74, 6) is 0. The molecule has 0 spiro atoms. The lowest BCUT2D eigenvalue weighted by Crippen LogP contribution is -2.14. The van der Waals surface area contributed by atoms with Gasteiger partial charge in [-0.05, 0) is 31.2 Å². The van der Waals surface area contributed by atoms with Crippen molar-refractivity contribution in [3.8, 4) is 0 Å². The highest BCUT2D eigenvalue weighted by molar-refractivity contribution is 7.16. The Hall–Kier alpha value is -0.770. The van der Waals surface area contributed by atoms with E-state index in [4.69, 9.17) is 11.6 Å². The largest absolute Gasteiger partial charge is 0.351 e. The van der Waals surface area contributed by atoms with Crippen LogP contribution in [0.5, 0.6) is 0 Å². The van der Waals surface area contributed by atoms with Gasteiger partial charge in [-0.15, -0.1) is 11.3 Å². The lowest BCUT2D eigenvalue weighted by Gasteiger charge is -2.07. The van der Waals surface area contributed by atoms with E-state index in [1.807, 2.05) is 6.07 Å². The lowest BCUT2D eigenvalue weighted by molar-refractivity contribution is 0.632. The SMILES string of the molecule is CCn1cccc1CNCc1ccc(Cl)s1. The van der Waals surface area contributed by atoms with Gasteiger partial charge in [0.2, 0.25) is 0 Å². The molecule has 0 bridgehead atoms. The van der Waals surface area contributed by atoms with E-state index in [0.29, 0.717) is 0 Å². The second-order valence-corrected chi connectivity index (χ2v) is 5.39. The number of hydrogen-bond acceptors (Lipinski definition) is 2. The lowest BCUT2D eigenvalue weighted by atomic mass is 10.4. The molecule has 2 heterocycles. The fourth-order valence-corrected chi connectivity index (χ4v) is 2.74. The minimum Gasteiger partial charge on any atom is -0.351 e. The maximum atomic E-state index is 5.87. The van der Waals surface area contributed by atoms with E-state index in [1.54, 1.807) is 11.3 Å². The van der Waals surface area contributed by atoms with Crippen molar-refractivity contribution in [3.63, 3.8) is 0 Å². The zero-order valence-corrected chi connectivity index (χ0v) is 10.8. The summed E-state index contributed by atoms with van der Waals surface area (Å²) in [4.78, 5) is 1.28. The zero-order chi connectivity index (χ0) is 11.4. The standard InChI is InChI=1S/C12H15ClN2S/c1-2-15-7-3-4-10(15)8-14-9-11-5-6-12(13)16-11/h3-7,14H,2,8-9H2,1H3. The molecule has 2 aromatic heterocycles. The number of aryl methyl sites for hydroxylation is 1. The van der Waals surface area contributed by atoms with Crippen LogP contribution in [0.25, 0.3) is 0 Å². The monoisotopic (exact) mass is 254 g/mol. The van der Waals surface area contributed by atoms with Crippen molar-refractivity contribution >= 4 is 22.9 Å². The average molecular weight is 255 g/mol. The summed E-state index contributed by atoms with van der Waals surface area (Å²) >= 11 is 7.50. The van der Waals surface area contributed by atoms with E-state index >= 15 is 0 Å². The van der Waals surface area contributed by atoms with Crippen molar-refractivity contribution in [1.29, 1.82) is 0 Å². The molecule has 86 valence electrons. The molecule has 0 saturated heterocycles. The van der Waals surface area contributed by atoms with Gasteiger partial charge >= 0.3 is 0 Å². The highest BCUT2D eigenvalue weighted by Gasteiger charge is 2.00. The second-order valence-electron chi connectivity index (χ2n) is 3.59. The molecule has 2 rings (SSSR count). The molecular formula is C12H15ClN2S. The number of halogens is 1. The molecule has 0 amide bonds. The molecule has 16 heavy (non-hydrogen) atoms. The highest BCUT2D eigenvalue weighted by Crippen LogP contribution is 2.21. The van der Waals surface area contributed by atoms with Gasteiger partial charge in [0.15, 0.2) is 0 Å². The molecule has 0 aliphatic carbocycles. The molecule has 0 unspecified atom stereocenters. The topological polar surface area (TPSA) is 17.0 Å². The van der Waals surface area contributed by atoms with E-state index in [9.17, 15) is 0 Å². The summed E-state index contributed by atoms with van der Waals surface area (Å²) in [6.45, 7) is 4.96. The zero-order valence-electron chi connectivity index (χ0n) is 9.24. The van der Waals surface area contributed by atoms with E-state index in [2.05, 4.69) is 41.2 Å². The quantitative estimate of drug-likeness (QED) is 0.864. The van der Waals surface area contributed by atoms with Crippen LogP contribution >= 0.6 is 22.9 Å². The Kier molecular flexibility index (Phi) is 4.04. The molecular weight excluding hydrogens is 240 g/mol. The summed E-state index contributed by atoms with van der Waals surface area (Å²) in [6, 6.07) is 8.25. The molecule has 0 atom stereocenters. The Bertz CT molecular complexity index is 447. The Morgan fingerprint density at radius 3 is 2.88 bits per heavy atom. The maximum Gasteiger partial charge on any atom is 0.0931 e. The fraction of sp³-hybridized carbons (Fsp3) is 0.333. The number of aromatic nitrogens is 1. The summed E-state index contributed by atoms with van der Waals surface area (Å²) in [7, 11) is 0. The minimum absolute atomic E-state index is 0.855. The molecule has 4 heteroatoms. The summed E-state index contributed by atoms with van der Waals surface area (Å²) in [6.07, 6.45) is 2.11. The van der Waals surface area contributed by atoms with Crippen LogP contribution in [0.2, 0.25) is 4.34 Å². The van der Waals surface area contributed by atoms with Gasteiger partial charge in [0.1, 0.15) is 0 Å². The van der Waals surface area contributed by atoms with Crippen LogP contribution in [-0.2, 0) is 19.6 Å². The average Bonchev–Trinajstić information content (AvgIpc) is 2.87. The molecule has 0 aliphatic rings. The van der Waals surface area contributed by atoms with Crippen LogP contribution in [0.3, 0.4) is 0 Å². The first-order valence-corrected chi connectivity index (χ1v) is 6.58. The Labute approximate surface area is 105 Å². The molecule has 0 radical (unpaired) electrons. The van der Waals surface area contributed by atoms with Gasteiger partial charge in [0.05, 0.1) is 4.34 Å². The van der Waals surface area contributed by atoms with Crippen LogP contribution in [-0.4, -0.2) is 4.57 Å². The molecule has 0 aromatic carbocycles. The normalized spacial score (nSPS) is 10.9. The van der Waals surface area contributed by atoms with Crippen molar-refractivity contribution in [2.75, 3.05) is 0 Å². The minimum atomic E-state index is 0.855. The smallest absolute Gasteiger partial charge is 0.0931 e. The first kappa shape index (κ1) is 11.7. The summed E-state index contributed by atoms with van der Waals surface area (Å²) < 4.78 is 3.10. The van der Waals surface area contributed by atoms with E-state index in [0.717, 1.165) is 24.0 Å². The first-order valence-electron chi connectivity index (χ1n) is 5.38. The van der Waals surface area contributed by atoms with E-state index in [-0.39, 0.29) is 0 Å². The van der Waals surface area contributed by atoms with E-state index < -0.39 is 0 Å². The molecule has 0 fully saturated rings. The third-order valence-corrected chi connectivity index (χ3v) is 3.73. The summed E-state index contributed by atoms with van der Waals surface area (Å²) in [5.41, 5.74) is 1.32. The van der Waals surface area contributed by atoms with Gasteiger partial charge in [0, 0.05) is 36.4 Å². The van der Waals surface area contributed by atoms with Gasteiger partial charge in [0.25, 0.3) is 0 Å². The van der Waals surface area contributed by atoms with Crippen LogP contribution in [0.4, 0.5) is 0 Å². The van der Waals surface area contributed by atoms with Crippen LogP contribution < -0.4 is 5.32 Å². The van der Waals surface area contributed by atoms with Gasteiger partial charge in [-0.2, -0.15) is 0 Å². The maximum absolute atomic E-state index is 5.87. The first-order chi connectivity index (χ1) is 7.79. The molecule has 0 aliphatic heterocycles. The number of nitrogens with one attached hydrogen (secondary N) is 1. The van der Waals surface area contributed by atoms with Crippen molar-refractivity contribution in [2.24, 2.45) is 0 Å². The highest BCUT2D eigenvalue weighted by atomic mass is 35.5. The van der Waals surface area contributed by atoms with Crippen molar-refractivity contribution in [3.05, 3.63) is 45.4 Å².